The van der Waals surface area contributed by atoms with Crippen LogP contribution in [0.25, 0.3) is 0 Å². The van der Waals surface area contributed by atoms with E-state index in [9.17, 15) is 0 Å². The van der Waals surface area contributed by atoms with Gasteiger partial charge in [-0.3, -0.25) is 19.8 Å². The zero-order valence-electron chi connectivity index (χ0n) is 17.7. The lowest BCUT2D eigenvalue weighted by molar-refractivity contribution is -0.0489. The maximum atomic E-state index is 6.00. The van der Waals surface area contributed by atoms with Crippen LogP contribution in [0.15, 0.2) is 46.7 Å². The van der Waals surface area contributed by atoms with E-state index in [1.165, 1.54) is 0 Å². The normalized spacial score (nSPS) is 32.5. The number of morpholine rings is 2. The van der Waals surface area contributed by atoms with Crippen molar-refractivity contribution in [3.63, 3.8) is 0 Å². The van der Waals surface area contributed by atoms with Gasteiger partial charge in [0.05, 0.1) is 43.6 Å². The summed E-state index contributed by atoms with van der Waals surface area (Å²) in [5, 5.41) is 0. The molecule has 0 N–H and O–H groups in total. The zero-order valence-corrected chi connectivity index (χ0v) is 17.7. The van der Waals surface area contributed by atoms with E-state index in [-0.39, 0.29) is 24.3 Å². The van der Waals surface area contributed by atoms with E-state index >= 15 is 0 Å². The Balaban J connectivity index is 1.59. The van der Waals surface area contributed by atoms with Gasteiger partial charge in [0, 0.05) is 38.6 Å². The average molecular weight is 411 g/mol. The summed E-state index contributed by atoms with van der Waals surface area (Å²) in [5.74, 6) is 2.16. The Labute approximate surface area is 177 Å². The third kappa shape index (κ3) is 3.75. The second-order valence-electron chi connectivity index (χ2n) is 8.35. The second-order valence-corrected chi connectivity index (χ2v) is 8.35. The van der Waals surface area contributed by atoms with Crippen molar-refractivity contribution in [1.29, 1.82) is 0 Å². The van der Waals surface area contributed by atoms with Gasteiger partial charge in [-0.15, -0.1) is 0 Å². The first kappa shape index (κ1) is 19.7. The van der Waals surface area contributed by atoms with Crippen LogP contribution in [0, 0.1) is 5.92 Å². The van der Waals surface area contributed by atoms with E-state index in [0.717, 1.165) is 56.9 Å². The van der Waals surface area contributed by atoms with E-state index in [4.69, 9.17) is 19.5 Å². The SMILES string of the molecule is CC1CN(C2=NC(N3CCOCC3)C3C=CCN=C3N2c2ccncc2)CC(C)O1. The van der Waals surface area contributed by atoms with Crippen LogP contribution in [0.2, 0.25) is 0 Å². The number of fused-ring (bicyclic) bond motifs is 1. The number of guanidine groups is 1. The molecule has 0 saturated carbocycles. The molecule has 2 saturated heterocycles. The first-order chi connectivity index (χ1) is 14.7. The highest BCUT2D eigenvalue weighted by Crippen LogP contribution is 2.32. The molecule has 1 aromatic rings. The maximum absolute atomic E-state index is 6.00. The molecule has 30 heavy (non-hydrogen) atoms. The Hall–Kier alpha value is -2.29. The minimum atomic E-state index is 0.0331. The van der Waals surface area contributed by atoms with Crippen LogP contribution in [0.5, 0.6) is 0 Å². The van der Waals surface area contributed by atoms with Crippen LogP contribution in [0.3, 0.4) is 0 Å². The maximum Gasteiger partial charge on any atom is 0.208 e. The number of amidine groups is 1. The van der Waals surface area contributed by atoms with E-state index in [2.05, 4.69) is 45.7 Å². The van der Waals surface area contributed by atoms with Gasteiger partial charge in [0.15, 0.2) is 0 Å². The van der Waals surface area contributed by atoms with E-state index < -0.39 is 0 Å². The van der Waals surface area contributed by atoms with Crippen molar-refractivity contribution in [2.24, 2.45) is 15.9 Å². The van der Waals surface area contributed by atoms with Gasteiger partial charge in [-0.05, 0) is 26.0 Å². The number of ether oxygens (including phenoxy) is 2. The van der Waals surface area contributed by atoms with Crippen LogP contribution < -0.4 is 4.90 Å². The Bertz CT molecular complexity index is 825. The molecule has 0 aliphatic carbocycles. The number of dihydropyridines is 1. The van der Waals surface area contributed by atoms with Gasteiger partial charge < -0.3 is 14.4 Å². The zero-order chi connectivity index (χ0) is 20.5. The smallest absolute Gasteiger partial charge is 0.208 e. The molecule has 4 atom stereocenters. The minimum absolute atomic E-state index is 0.0331. The molecule has 8 heteroatoms. The van der Waals surface area contributed by atoms with Gasteiger partial charge in [0.2, 0.25) is 5.96 Å². The van der Waals surface area contributed by atoms with Crippen LogP contribution >= 0.6 is 0 Å². The number of nitrogens with zero attached hydrogens (tertiary/aromatic N) is 6. The largest absolute Gasteiger partial charge is 0.379 e. The Morgan fingerprint density at radius 3 is 2.50 bits per heavy atom. The molecule has 160 valence electrons. The predicted molar refractivity (Wildman–Crippen MR) is 117 cm³/mol. The van der Waals surface area contributed by atoms with Gasteiger partial charge in [0.25, 0.3) is 0 Å². The molecule has 4 unspecified atom stereocenters. The first-order valence-electron chi connectivity index (χ1n) is 10.9. The Morgan fingerprint density at radius 1 is 1.03 bits per heavy atom. The molecule has 0 amide bonds. The lowest BCUT2D eigenvalue weighted by Gasteiger charge is -2.48. The summed E-state index contributed by atoms with van der Waals surface area (Å²) in [6, 6.07) is 4.07. The van der Waals surface area contributed by atoms with Crippen molar-refractivity contribution in [2.75, 3.05) is 50.8 Å². The molecule has 0 spiro atoms. The monoisotopic (exact) mass is 410 g/mol. The van der Waals surface area contributed by atoms with Crippen LogP contribution in [0.4, 0.5) is 5.69 Å². The Morgan fingerprint density at radius 2 is 1.77 bits per heavy atom. The molecular formula is C22H30N6O2. The van der Waals surface area contributed by atoms with Gasteiger partial charge in [-0.1, -0.05) is 12.2 Å². The van der Waals surface area contributed by atoms with Gasteiger partial charge in [-0.2, -0.15) is 0 Å². The highest BCUT2D eigenvalue weighted by Gasteiger charge is 2.42. The fraction of sp³-hybridized carbons (Fsp3) is 0.591. The van der Waals surface area contributed by atoms with Crippen LogP contribution in [-0.4, -0.2) is 90.9 Å². The number of hydrogen-bond acceptors (Lipinski definition) is 8. The molecule has 0 aromatic carbocycles. The molecule has 4 aliphatic heterocycles. The fourth-order valence-corrected chi connectivity index (χ4v) is 4.81. The van der Waals surface area contributed by atoms with Crippen molar-refractivity contribution in [3.8, 4) is 0 Å². The molecule has 0 radical (unpaired) electrons. The van der Waals surface area contributed by atoms with Crippen molar-refractivity contribution in [1.82, 2.24) is 14.8 Å². The quantitative estimate of drug-likeness (QED) is 0.691. The third-order valence-corrected chi connectivity index (χ3v) is 6.04. The number of aromatic nitrogens is 1. The van der Waals surface area contributed by atoms with Gasteiger partial charge in [0.1, 0.15) is 12.0 Å². The van der Waals surface area contributed by atoms with Crippen LogP contribution in [-0.2, 0) is 9.47 Å². The van der Waals surface area contributed by atoms with E-state index in [0.29, 0.717) is 6.54 Å². The van der Waals surface area contributed by atoms with E-state index in [1.807, 2.05) is 24.5 Å². The van der Waals surface area contributed by atoms with E-state index in [1.54, 1.807) is 0 Å². The average Bonchev–Trinajstić information content (AvgIpc) is 2.78. The Kier molecular flexibility index (Phi) is 5.54. The number of anilines is 1. The molecule has 4 aliphatic rings. The number of pyridine rings is 1. The summed E-state index contributed by atoms with van der Waals surface area (Å²) in [4.78, 5) is 21.6. The fourth-order valence-electron chi connectivity index (χ4n) is 4.81. The summed E-state index contributed by atoms with van der Waals surface area (Å²) in [5.41, 5.74) is 1.05. The summed E-state index contributed by atoms with van der Waals surface area (Å²) in [6.07, 6.45) is 8.45. The van der Waals surface area contributed by atoms with Crippen molar-refractivity contribution < 1.29 is 9.47 Å². The van der Waals surface area contributed by atoms with Gasteiger partial charge in [-0.25, -0.2) is 4.99 Å². The lowest BCUT2D eigenvalue weighted by Crippen LogP contribution is -2.62. The molecule has 8 nitrogen and oxygen atoms in total. The van der Waals surface area contributed by atoms with Crippen molar-refractivity contribution >= 4 is 17.5 Å². The van der Waals surface area contributed by atoms with Crippen molar-refractivity contribution in [3.05, 3.63) is 36.7 Å². The molecule has 2 fully saturated rings. The summed E-state index contributed by atoms with van der Waals surface area (Å²) in [6.45, 7) is 9.88. The van der Waals surface area contributed by atoms with Gasteiger partial charge >= 0.3 is 0 Å². The molecule has 5 rings (SSSR count). The molecular weight excluding hydrogens is 380 g/mol. The standard InChI is InChI=1S/C22H30N6O2/c1-16-14-27(15-17(2)30-16)22-25-21(26-10-12-29-13-11-26)19-4-3-7-24-20(19)28(22)18-5-8-23-9-6-18/h3-6,8-9,16-17,19,21H,7,10-15H2,1-2H3. The highest BCUT2D eigenvalue weighted by molar-refractivity contribution is 6.21. The molecule has 5 heterocycles. The summed E-state index contributed by atoms with van der Waals surface area (Å²) < 4.78 is 11.6. The minimum Gasteiger partial charge on any atom is -0.379 e. The summed E-state index contributed by atoms with van der Waals surface area (Å²) >= 11 is 0. The number of aliphatic imine (C=N–C) groups is 2. The van der Waals surface area contributed by atoms with Crippen LogP contribution in [0.1, 0.15) is 13.8 Å². The molecule has 1 aromatic heterocycles. The predicted octanol–water partition coefficient (Wildman–Crippen LogP) is 1.61. The highest BCUT2D eigenvalue weighted by atomic mass is 16.5. The second kappa shape index (κ2) is 8.45. The number of hydrogen-bond donors (Lipinski definition) is 0. The van der Waals surface area contributed by atoms with Crippen molar-refractivity contribution in [2.45, 2.75) is 32.2 Å². The molecule has 0 bridgehead atoms. The lowest BCUT2D eigenvalue weighted by atomic mass is 9.97. The number of rotatable bonds is 2. The third-order valence-electron chi connectivity index (χ3n) is 6.04. The summed E-state index contributed by atoms with van der Waals surface area (Å²) in [7, 11) is 0. The first-order valence-corrected chi connectivity index (χ1v) is 10.9. The topological polar surface area (TPSA) is 65.8 Å².